The zero-order valence-electron chi connectivity index (χ0n) is 11.6. The predicted octanol–water partition coefficient (Wildman–Crippen LogP) is 2.50. The minimum atomic E-state index is -0.0621. The van der Waals surface area contributed by atoms with Crippen LogP contribution in [0.2, 0.25) is 0 Å². The number of nitrogens with zero attached hydrogens (tertiary/aromatic N) is 1. The highest BCUT2D eigenvalue weighted by atomic mass is 16.2. The summed E-state index contributed by atoms with van der Waals surface area (Å²) in [6, 6.07) is 6.01. The topological polar surface area (TPSA) is 32.3 Å². The first-order chi connectivity index (χ1) is 7.71. The molecule has 0 heterocycles. The fraction of sp³-hybridized carbons (Fsp3) is 0.500. The number of hydrogen-bond donors (Lipinski definition) is 1. The van der Waals surface area contributed by atoms with E-state index in [4.69, 9.17) is 0 Å². The molecule has 17 heavy (non-hydrogen) atoms. The lowest BCUT2D eigenvalue weighted by Gasteiger charge is -2.21. The van der Waals surface area contributed by atoms with E-state index in [1.54, 1.807) is 19.1 Å². The van der Waals surface area contributed by atoms with Gasteiger partial charge in [-0.2, -0.15) is 0 Å². The van der Waals surface area contributed by atoms with Gasteiger partial charge >= 0.3 is 0 Å². The van der Waals surface area contributed by atoms with Gasteiger partial charge in [0.1, 0.15) is 0 Å². The Morgan fingerprint density at radius 3 is 2.24 bits per heavy atom. The summed E-state index contributed by atoms with van der Waals surface area (Å²) in [6.45, 7) is 8.48. The Morgan fingerprint density at radius 2 is 1.82 bits per heavy atom. The number of benzene rings is 1. The number of carbonyl (C=O) groups excluding carboxylic acids is 1. The molecule has 1 N–H and O–H groups in total. The van der Waals surface area contributed by atoms with E-state index in [9.17, 15) is 4.79 Å². The molecule has 0 aliphatic rings. The van der Waals surface area contributed by atoms with Gasteiger partial charge in [0, 0.05) is 19.7 Å². The van der Waals surface area contributed by atoms with Crippen molar-refractivity contribution in [1.29, 1.82) is 0 Å². The molecule has 0 aliphatic carbocycles. The van der Waals surface area contributed by atoms with Gasteiger partial charge in [0.05, 0.1) is 0 Å². The van der Waals surface area contributed by atoms with Crippen molar-refractivity contribution >= 4 is 5.91 Å². The van der Waals surface area contributed by atoms with E-state index < -0.39 is 0 Å². The van der Waals surface area contributed by atoms with E-state index in [1.807, 2.05) is 19.1 Å². The van der Waals surface area contributed by atoms with Crippen LogP contribution in [-0.4, -0.2) is 25.0 Å². The molecule has 3 nitrogen and oxygen atoms in total. The van der Waals surface area contributed by atoms with Crippen LogP contribution in [-0.2, 0) is 5.41 Å². The van der Waals surface area contributed by atoms with Gasteiger partial charge in [0.2, 0.25) is 0 Å². The van der Waals surface area contributed by atoms with Crippen LogP contribution < -0.4 is 5.43 Å². The molecule has 94 valence electrons. The number of carbonyl (C=O) groups is 1. The lowest BCUT2D eigenvalue weighted by molar-refractivity contribution is 0.0856. The van der Waals surface area contributed by atoms with Gasteiger partial charge in [-0.15, -0.1) is 0 Å². The van der Waals surface area contributed by atoms with Crippen LogP contribution in [0.3, 0.4) is 0 Å². The monoisotopic (exact) mass is 234 g/mol. The Balaban J connectivity index is 3.02. The van der Waals surface area contributed by atoms with Crippen LogP contribution in [0.1, 0.15) is 42.3 Å². The van der Waals surface area contributed by atoms with Gasteiger partial charge in [-0.1, -0.05) is 32.9 Å². The van der Waals surface area contributed by atoms with E-state index >= 15 is 0 Å². The Bertz CT molecular complexity index is 417. The Kier molecular flexibility index (Phi) is 3.94. The summed E-state index contributed by atoms with van der Waals surface area (Å²) in [4.78, 5) is 11.9. The van der Waals surface area contributed by atoms with Crippen LogP contribution in [0, 0.1) is 6.92 Å². The molecular weight excluding hydrogens is 212 g/mol. The van der Waals surface area contributed by atoms with Gasteiger partial charge in [-0.05, 0) is 29.5 Å². The third kappa shape index (κ3) is 3.56. The van der Waals surface area contributed by atoms with Crippen molar-refractivity contribution < 1.29 is 4.79 Å². The first-order valence-corrected chi connectivity index (χ1v) is 5.81. The minimum Gasteiger partial charge on any atom is -0.285 e. The van der Waals surface area contributed by atoms with Gasteiger partial charge in [-0.3, -0.25) is 10.2 Å². The summed E-state index contributed by atoms with van der Waals surface area (Å²) in [5.41, 5.74) is 5.85. The molecule has 0 fully saturated rings. The van der Waals surface area contributed by atoms with E-state index in [1.165, 1.54) is 5.56 Å². The summed E-state index contributed by atoms with van der Waals surface area (Å²) in [7, 11) is 3.60. The molecule has 0 spiro atoms. The normalized spacial score (nSPS) is 11.7. The summed E-state index contributed by atoms with van der Waals surface area (Å²) in [5.74, 6) is -0.0621. The van der Waals surface area contributed by atoms with Gasteiger partial charge in [-0.25, -0.2) is 5.01 Å². The number of rotatable bonds is 2. The summed E-state index contributed by atoms with van der Waals surface area (Å²) in [5, 5.41) is 1.65. The van der Waals surface area contributed by atoms with Crippen molar-refractivity contribution in [3.63, 3.8) is 0 Å². The Labute approximate surface area is 104 Å². The zero-order chi connectivity index (χ0) is 13.2. The third-order valence-corrected chi connectivity index (χ3v) is 2.66. The highest BCUT2D eigenvalue weighted by Gasteiger charge is 2.16. The highest BCUT2D eigenvalue weighted by Crippen LogP contribution is 2.24. The van der Waals surface area contributed by atoms with Crippen LogP contribution in [0.25, 0.3) is 0 Å². The second-order valence-electron chi connectivity index (χ2n) is 5.62. The third-order valence-electron chi connectivity index (χ3n) is 2.66. The van der Waals surface area contributed by atoms with Crippen molar-refractivity contribution in [2.45, 2.75) is 33.1 Å². The van der Waals surface area contributed by atoms with E-state index in [2.05, 4.69) is 32.3 Å². The van der Waals surface area contributed by atoms with Gasteiger partial charge in [0.25, 0.3) is 5.91 Å². The Morgan fingerprint density at radius 1 is 1.24 bits per heavy atom. The van der Waals surface area contributed by atoms with Crippen LogP contribution in [0.5, 0.6) is 0 Å². The molecule has 0 atom stereocenters. The van der Waals surface area contributed by atoms with Crippen LogP contribution in [0.15, 0.2) is 18.2 Å². The first kappa shape index (κ1) is 13.7. The van der Waals surface area contributed by atoms with Crippen molar-refractivity contribution in [2.24, 2.45) is 0 Å². The van der Waals surface area contributed by atoms with E-state index in [-0.39, 0.29) is 11.3 Å². The number of aryl methyl sites for hydroxylation is 1. The van der Waals surface area contributed by atoms with E-state index in [0.717, 1.165) is 11.1 Å². The molecular formula is C14H22N2O. The zero-order valence-corrected chi connectivity index (χ0v) is 11.6. The maximum atomic E-state index is 11.9. The van der Waals surface area contributed by atoms with Crippen molar-refractivity contribution in [3.05, 3.63) is 34.9 Å². The van der Waals surface area contributed by atoms with Gasteiger partial charge in [0.15, 0.2) is 0 Å². The van der Waals surface area contributed by atoms with Crippen LogP contribution in [0.4, 0.5) is 0 Å². The lowest BCUT2D eigenvalue weighted by Crippen LogP contribution is -2.36. The molecule has 0 aromatic heterocycles. The quantitative estimate of drug-likeness (QED) is 0.797. The number of hydrogen-bond acceptors (Lipinski definition) is 2. The van der Waals surface area contributed by atoms with Crippen molar-refractivity contribution in [1.82, 2.24) is 10.4 Å². The molecule has 0 saturated carbocycles. The highest BCUT2D eigenvalue weighted by molar-refractivity contribution is 5.95. The maximum Gasteiger partial charge on any atom is 0.265 e. The number of amides is 1. The largest absolute Gasteiger partial charge is 0.285 e. The molecule has 0 radical (unpaired) electrons. The molecule has 1 rings (SSSR count). The molecule has 0 aliphatic heterocycles. The van der Waals surface area contributed by atoms with Crippen molar-refractivity contribution in [3.8, 4) is 0 Å². The summed E-state index contributed by atoms with van der Waals surface area (Å²) >= 11 is 0. The molecule has 0 unspecified atom stereocenters. The first-order valence-electron chi connectivity index (χ1n) is 5.81. The molecule has 1 amide bonds. The van der Waals surface area contributed by atoms with E-state index in [0.29, 0.717) is 0 Å². The molecule has 1 aromatic rings. The summed E-state index contributed by atoms with van der Waals surface area (Å²) in [6.07, 6.45) is 0. The van der Waals surface area contributed by atoms with Crippen LogP contribution >= 0.6 is 0 Å². The fourth-order valence-electron chi connectivity index (χ4n) is 1.65. The SMILES string of the molecule is Cc1cc(C(C)(C)C)ccc1C(=O)NN(C)C. The Hall–Kier alpha value is -1.35. The van der Waals surface area contributed by atoms with Gasteiger partial charge < -0.3 is 0 Å². The number of hydrazine groups is 1. The molecule has 1 aromatic carbocycles. The average molecular weight is 234 g/mol. The van der Waals surface area contributed by atoms with Crippen molar-refractivity contribution in [2.75, 3.05) is 14.1 Å². The standard InChI is InChI=1S/C14H22N2O/c1-10-9-11(14(2,3)4)7-8-12(10)13(17)15-16(5)6/h7-9H,1-6H3,(H,15,17). The lowest BCUT2D eigenvalue weighted by atomic mass is 9.85. The summed E-state index contributed by atoms with van der Waals surface area (Å²) < 4.78 is 0. The predicted molar refractivity (Wildman–Crippen MR) is 71.0 cm³/mol. The molecule has 0 bridgehead atoms. The number of nitrogens with one attached hydrogen (secondary N) is 1. The molecule has 3 heteroatoms. The second kappa shape index (κ2) is 4.88. The second-order valence-corrected chi connectivity index (χ2v) is 5.62. The average Bonchev–Trinajstić information content (AvgIpc) is 2.14. The smallest absolute Gasteiger partial charge is 0.265 e. The maximum absolute atomic E-state index is 11.9. The minimum absolute atomic E-state index is 0.0621. The molecule has 0 saturated heterocycles. The fourth-order valence-corrected chi connectivity index (χ4v) is 1.65.